The number of nitrogens with zero attached hydrogens (tertiary/aromatic N) is 1. The predicted octanol–water partition coefficient (Wildman–Crippen LogP) is 3.81. The highest BCUT2D eigenvalue weighted by Crippen LogP contribution is 2.39. The highest BCUT2D eigenvalue weighted by atomic mass is 16.5. The van der Waals surface area contributed by atoms with Gasteiger partial charge in [0, 0.05) is 35.3 Å². The minimum absolute atomic E-state index is 0.128. The van der Waals surface area contributed by atoms with E-state index in [9.17, 15) is 9.90 Å². The number of aryl methyl sites for hydroxylation is 1. The molecule has 1 aliphatic heterocycles. The van der Waals surface area contributed by atoms with E-state index in [-0.39, 0.29) is 17.3 Å². The van der Waals surface area contributed by atoms with Crippen LogP contribution in [0.3, 0.4) is 0 Å². The minimum atomic E-state index is -0.156. The number of aromatic hydroxyl groups is 1. The zero-order chi connectivity index (χ0) is 16.1. The molecular weight excluding hydrogens is 290 g/mol. The van der Waals surface area contributed by atoms with E-state index in [2.05, 4.69) is 0 Å². The number of carbonyl (C=O) groups is 1. The zero-order valence-electron chi connectivity index (χ0n) is 12.8. The van der Waals surface area contributed by atoms with Crippen LogP contribution < -0.4 is 4.74 Å². The van der Waals surface area contributed by atoms with Gasteiger partial charge in [-0.1, -0.05) is 18.2 Å². The molecule has 0 radical (unpaired) electrons. The molecule has 0 fully saturated rings. The van der Waals surface area contributed by atoms with Gasteiger partial charge < -0.3 is 14.4 Å². The third-order valence-corrected chi connectivity index (χ3v) is 4.27. The summed E-state index contributed by atoms with van der Waals surface area (Å²) in [5, 5.41) is 10.8. The van der Waals surface area contributed by atoms with Crippen LogP contribution in [0, 0.1) is 6.92 Å². The maximum atomic E-state index is 12.5. The lowest BCUT2D eigenvalue weighted by atomic mass is 10.1. The standard InChI is InChI=1S/C19H15NO3/c1-11-16(21)8-7-14-18(22)17(23-19(11)14)9-12-10-20(2)15-6-4-3-5-13(12)15/h3-10,21H,1-2H3/b17-9+. The maximum Gasteiger partial charge on any atom is 0.231 e. The number of allylic oxidation sites excluding steroid dienone is 1. The minimum Gasteiger partial charge on any atom is -0.508 e. The summed E-state index contributed by atoms with van der Waals surface area (Å²) in [4.78, 5) is 12.5. The Labute approximate surface area is 133 Å². The van der Waals surface area contributed by atoms with Crippen LogP contribution in [0.2, 0.25) is 0 Å². The fraction of sp³-hybridized carbons (Fsp3) is 0.105. The van der Waals surface area contributed by atoms with Gasteiger partial charge in [0.15, 0.2) is 5.76 Å². The number of phenolic OH excluding ortho intramolecular Hbond substituents is 1. The van der Waals surface area contributed by atoms with E-state index in [0.29, 0.717) is 16.9 Å². The number of ketones is 1. The molecule has 0 spiro atoms. The van der Waals surface area contributed by atoms with Crippen molar-refractivity contribution in [3.63, 3.8) is 0 Å². The first-order valence-corrected chi connectivity index (χ1v) is 7.37. The Hall–Kier alpha value is -3.01. The molecule has 23 heavy (non-hydrogen) atoms. The first-order chi connectivity index (χ1) is 11.1. The monoisotopic (exact) mass is 305 g/mol. The Morgan fingerprint density at radius 3 is 2.78 bits per heavy atom. The molecule has 4 heteroatoms. The van der Waals surface area contributed by atoms with Gasteiger partial charge in [-0.2, -0.15) is 0 Å². The van der Waals surface area contributed by atoms with Crippen molar-refractivity contribution in [3.05, 3.63) is 65.0 Å². The third kappa shape index (κ3) is 1.95. The zero-order valence-corrected chi connectivity index (χ0v) is 12.8. The molecular formula is C19H15NO3. The number of carbonyl (C=O) groups excluding carboxylic acids is 1. The Balaban J connectivity index is 1.84. The highest BCUT2D eigenvalue weighted by Gasteiger charge is 2.30. The average molecular weight is 305 g/mol. The van der Waals surface area contributed by atoms with E-state index in [1.165, 1.54) is 6.07 Å². The largest absolute Gasteiger partial charge is 0.508 e. The van der Waals surface area contributed by atoms with E-state index >= 15 is 0 Å². The molecule has 0 amide bonds. The van der Waals surface area contributed by atoms with Crippen molar-refractivity contribution in [1.82, 2.24) is 4.57 Å². The summed E-state index contributed by atoms with van der Waals surface area (Å²) in [6, 6.07) is 11.1. The molecule has 0 atom stereocenters. The number of ether oxygens (including phenoxy) is 1. The quantitative estimate of drug-likeness (QED) is 0.696. The van der Waals surface area contributed by atoms with Crippen molar-refractivity contribution in [2.24, 2.45) is 7.05 Å². The number of aromatic nitrogens is 1. The van der Waals surface area contributed by atoms with E-state index in [1.807, 2.05) is 42.1 Å². The number of hydrogen-bond acceptors (Lipinski definition) is 3. The maximum absolute atomic E-state index is 12.5. The summed E-state index contributed by atoms with van der Waals surface area (Å²) < 4.78 is 7.75. The Kier molecular flexibility index (Phi) is 2.81. The number of phenols is 1. The molecule has 0 bridgehead atoms. The Morgan fingerprint density at radius 1 is 1.17 bits per heavy atom. The molecule has 1 N–H and O–H groups in total. The van der Waals surface area contributed by atoms with Gasteiger partial charge in [0.25, 0.3) is 0 Å². The summed E-state index contributed by atoms with van der Waals surface area (Å²) in [7, 11) is 1.97. The molecule has 4 rings (SSSR count). The van der Waals surface area contributed by atoms with Gasteiger partial charge in [0.05, 0.1) is 5.56 Å². The van der Waals surface area contributed by atoms with Crippen molar-refractivity contribution in [3.8, 4) is 11.5 Å². The molecule has 2 heterocycles. The van der Waals surface area contributed by atoms with Crippen LogP contribution in [-0.4, -0.2) is 15.5 Å². The predicted molar refractivity (Wildman–Crippen MR) is 88.7 cm³/mol. The third-order valence-electron chi connectivity index (χ3n) is 4.27. The number of fused-ring (bicyclic) bond motifs is 2. The lowest BCUT2D eigenvalue weighted by Gasteiger charge is -2.03. The average Bonchev–Trinajstić information content (AvgIpc) is 3.03. The van der Waals surface area contributed by atoms with Crippen LogP contribution in [0.1, 0.15) is 21.5 Å². The fourth-order valence-corrected chi connectivity index (χ4v) is 3.00. The summed E-state index contributed by atoms with van der Waals surface area (Å²) in [6.07, 6.45) is 3.74. The van der Waals surface area contributed by atoms with Crippen molar-refractivity contribution in [2.45, 2.75) is 6.92 Å². The van der Waals surface area contributed by atoms with Crippen LogP contribution in [0.5, 0.6) is 11.5 Å². The number of benzene rings is 2. The molecule has 3 aromatic rings. The van der Waals surface area contributed by atoms with Gasteiger partial charge in [-0.15, -0.1) is 0 Å². The van der Waals surface area contributed by atoms with E-state index in [1.54, 1.807) is 19.1 Å². The topological polar surface area (TPSA) is 51.5 Å². The molecule has 0 aliphatic carbocycles. The van der Waals surface area contributed by atoms with E-state index < -0.39 is 0 Å². The molecule has 4 nitrogen and oxygen atoms in total. The van der Waals surface area contributed by atoms with Gasteiger partial charge in [-0.3, -0.25) is 4.79 Å². The molecule has 2 aromatic carbocycles. The van der Waals surface area contributed by atoms with Gasteiger partial charge in [0.1, 0.15) is 11.5 Å². The first-order valence-electron chi connectivity index (χ1n) is 7.37. The van der Waals surface area contributed by atoms with Gasteiger partial charge in [-0.25, -0.2) is 0 Å². The summed E-state index contributed by atoms with van der Waals surface area (Å²) in [5.74, 6) is 0.700. The lowest BCUT2D eigenvalue weighted by molar-refractivity contribution is 0.101. The molecule has 1 aromatic heterocycles. The second-order valence-electron chi connectivity index (χ2n) is 5.74. The van der Waals surface area contributed by atoms with Gasteiger partial charge in [0.2, 0.25) is 5.78 Å². The van der Waals surface area contributed by atoms with Crippen molar-refractivity contribution < 1.29 is 14.6 Å². The second-order valence-corrected chi connectivity index (χ2v) is 5.74. The van der Waals surface area contributed by atoms with Gasteiger partial charge >= 0.3 is 0 Å². The summed E-state index contributed by atoms with van der Waals surface area (Å²) >= 11 is 0. The second kappa shape index (κ2) is 4.74. The van der Waals surface area contributed by atoms with Gasteiger partial charge in [-0.05, 0) is 31.2 Å². The number of rotatable bonds is 1. The van der Waals surface area contributed by atoms with Crippen molar-refractivity contribution >= 4 is 22.8 Å². The SMILES string of the molecule is Cc1c(O)ccc2c1O/C(=C/c1cn(C)c3ccccc13)C2=O. The smallest absolute Gasteiger partial charge is 0.231 e. The number of hydrogen-bond donors (Lipinski definition) is 1. The van der Waals surface area contributed by atoms with Crippen molar-refractivity contribution in [2.75, 3.05) is 0 Å². The number of para-hydroxylation sites is 1. The molecule has 114 valence electrons. The highest BCUT2D eigenvalue weighted by molar-refractivity contribution is 6.15. The normalized spacial score (nSPS) is 15.2. The molecule has 0 saturated carbocycles. The summed E-state index contributed by atoms with van der Waals surface area (Å²) in [6.45, 7) is 1.74. The first kappa shape index (κ1) is 13.6. The Morgan fingerprint density at radius 2 is 1.96 bits per heavy atom. The summed E-state index contributed by atoms with van der Waals surface area (Å²) in [5.41, 5.74) is 3.10. The van der Waals surface area contributed by atoms with Crippen LogP contribution in [0.4, 0.5) is 0 Å². The molecule has 0 saturated heterocycles. The van der Waals surface area contributed by atoms with Crippen molar-refractivity contribution in [1.29, 1.82) is 0 Å². The fourth-order valence-electron chi connectivity index (χ4n) is 3.00. The van der Waals surface area contributed by atoms with Crippen LogP contribution in [0.25, 0.3) is 17.0 Å². The molecule has 0 unspecified atom stereocenters. The van der Waals surface area contributed by atoms with Crippen LogP contribution in [0.15, 0.2) is 48.4 Å². The number of Topliss-reactive ketones (excluding diaryl/α,β-unsaturated/α-hetero) is 1. The van der Waals surface area contributed by atoms with Crippen LogP contribution in [-0.2, 0) is 7.05 Å². The Bertz CT molecular complexity index is 995. The van der Waals surface area contributed by atoms with E-state index in [0.717, 1.165) is 16.5 Å². The molecule has 1 aliphatic rings. The van der Waals surface area contributed by atoms with E-state index in [4.69, 9.17) is 4.74 Å². The lowest BCUT2D eigenvalue weighted by Crippen LogP contribution is -1.97. The van der Waals surface area contributed by atoms with Crippen LogP contribution >= 0.6 is 0 Å².